The first-order chi connectivity index (χ1) is 13.8. The SMILES string of the molecule is c1ccc(-c2nc(C3CC3)oc2Oc2ccnc(Nc3ccccn3)c2)cc1. The Bertz CT molecular complexity index is 1080. The molecule has 1 aliphatic carbocycles. The minimum Gasteiger partial charge on any atom is -0.424 e. The molecule has 28 heavy (non-hydrogen) atoms. The zero-order chi connectivity index (χ0) is 18.8. The number of anilines is 2. The van der Waals surface area contributed by atoms with Crippen LogP contribution in [0, 0.1) is 0 Å². The summed E-state index contributed by atoms with van der Waals surface area (Å²) >= 11 is 0. The van der Waals surface area contributed by atoms with Gasteiger partial charge in [-0.25, -0.2) is 15.0 Å². The average Bonchev–Trinajstić information content (AvgIpc) is 3.51. The summed E-state index contributed by atoms with van der Waals surface area (Å²) in [6.07, 6.45) is 5.63. The van der Waals surface area contributed by atoms with Crippen molar-refractivity contribution in [2.24, 2.45) is 0 Å². The number of oxazole rings is 1. The summed E-state index contributed by atoms with van der Waals surface area (Å²) in [7, 11) is 0. The van der Waals surface area contributed by atoms with E-state index in [1.54, 1.807) is 18.5 Å². The van der Waals surface area contributed by atoms with Crippen LogP contribution in [0.15, 0.2) is 77.5 Å². The third-order valence-corrected chi connectivity index (χ3v) is 4.45. The van der Waals surface area contributed by atoms with Gasteiger partial charge in [0.05, 0.1) is 0 Å². The summed E-state index contributed by atoms with van der Waals surface area (Å²) in [6, 6.07) is 19.2. The highest BCUT2D eigenvalue weighted by Crippen LogP contribution is 2.44. The number of hydrogen-bond donors (Lipinski definition) is 1. The Morgan fingerprint density at radius 1 is 0.893 bits per heavy atom. The first kappa shape index (κ1) is 16.5. The van der Waals surface area contributed by atoms with Crippen LogP contribution in [0.25, 0.3) is 11.3 Å². The highest BCUT2D eigenvalue weighted by atomic mass is 16.6. The molecule has 0 aliphatic heterocycles. The number of hydrogen-bond acceptors (Lipinski definition) is 6. The van der Waals surface area contributed by atoms with E-state index in [0.29, 0.717) is 29.2 Å². The van der Waals surface area contributed by atoms with E-state index < -0.39 is 0 Å². The van der Waals surface area contributed by atoms with Gasteiger partial charge in [0, 0.05) is 29.9 Å². The molecule has 0 radical (unpaired) electrons. The third kappa shape index (κ3) is 3.57. The summed E-state index contributed by atoms with van der Waals surface area (Å²) < 4.78 is 12.0. The standard InChI is InChI=1S/C22H18N4O2/c1-2-6-15(7-3-1)20-22(28-21(26-20)16-9-10-16)27-17-11-13-24-19(14-17)25-18-8-4-5-12-23-18/h1-8,11-14,16H,9-10H2,(H,23,24,25). The Kier molecular flexibility index (Phi) is 4.21. The van der Waals surface area contributed by atoms with Crippen molar-refractivity contribution in [2.45, 2.75) is 18.8 Å². The molecule has 1 fully saturated rings. The van der Waals surface area contributed by atoms with E-state index in [2.05, 4.69) is 15.3 Å². The van der Waals surface area contributed by atoms with Crippen molar-refractivity contribution in [1.82, 2.24) is 15.0 Å². The number of rotatable bonds is 6. The zero-order valence-corrected chi connectivity index (χ0v) is 15.1. The predicted octanol–water partition coefficient (Wildman–Crippen LogP) is 5.54. The van der Waals surface area contributed by atoms with Crippen LogP contribution in [0.1, 0.15) is 24.7 Å². The molecule has 0 atom stereocenters. The van der Waals surface area contributed by atoms with E-state index in [1.807, 2.05) is 54.6 Å². The van der Waals surface area contributed by atoms with Gasteiger partial charge in [0.15, 0.2) is 5.69 Å². The molecule has 0 amide bonds. The van der Waals surface area contributed by atoms with Crippen molar-refractivity contribution < 1.29 is 9.15 Å². The number of ether oxygens (including phenoxy) is 1. The fourth-order valence-electron chi connectivity index (χ4n) is 2.89. The lowest BCUT2D eigenvalue weighted by Crippen LogP contribution is -1.95. The number of benzene rings is 1. The van der Waals surface area contributed by atoms with E-state index in [-0.39, 0.29) is 0 Å². The summed E-state index contributed by atoms with van der Waals surface area (Å²) in [5, 5.41) is 3.16. The molecule has 3 heterocycles. The summed E-state index contributed by atoms with van der Waals surface area (Å²) in [6.45, 7) is 0. The highest BCUT2D eigenvalue weighted by molar-refractivity contribution is 5.64. The molecular formula is C22H18N4O2. The Hall–Kier alpha value is -3.67. The van der Waals surface area contributed by atoms with Gasteiger partial charge in [0.25, 0.3) is 0 Å². The molecule has 1 aromatic carbocycles. The molecule has 6 nitrogen and oxygen atoms in total. The molecule has 6 heteroatoms. The largest absolute Gasteiger partial charge is 0.424 e. The number of nitrogens with one attached hydrogen (secondary N) is 1. The Morgan fingerprint density at radius 3 is 2.50 bits per heavy atom. The van der Waals surface area contributed by atoms with Gasteiger partial charge in [-0.3, -0.25) is 0 Å². The van der Waals surface area contributed by atoms with E-state index in [4.69, 9.17) is 14.1 Å². The summed E-state index contributed by atoms with van der Waals surface area (Å²) in [4.78, 5) is 13.3. The zero-order valence-electron chi connectivity index (χ0n) is 15.1. The molecular weight excluding hydrogens is 352 g/mol. The van der Waals surface area contributed by atoms with Gasteiger partial charge in [-0.15, -0.1) is 0 Å². The van der Waals surface area contributed by atoms with Gasteiger partial charge < -0.3 is 14.5 Å². The summed E-state index contributed by atoms with van der Waals surface area (Å²) in [5.74, 6) is 3.52. The molecule has 1 aliphatic rings. The fourth-order valence-corrected chi connectivity index (χ4v) is 2.89. The topological polar surface area (TPSA) is 73.1 Å². The van der Waals surface area contributed by atoms with Crippen molar-refractivity contribution in [2.75, 3.05) is 5.32 Å². The van der Waals surface area contributed by atoms with Crippen molar-refractivity contribution >= 4 is 11.6 Å². The maximum atomic E-state index is 6.07. The molecule has 1 saturated carbocycles. The number of pyridine rings is 2. The van der Waals surface area contributed by atoms with Crippen LogP contribution in [0.2, 0.25) is 0 Å². The lowest BCUT2D eigenvalue weighted by atomic mass is 10.2. The van der Waals surface area contributed by atoms with E-state index >= 15 is 0 Å². The molecule has 0 unspecified atom stereocenters. The van der Waals surface area contributed by atoms with Crippen LogP contribution in [0.4, 0.5) is 11.6 Å². The molecule has 0 bridgehead atoms. The first-order valence-corrected chi connectivity index (χ1v) is 9.23. The Morgan fingerprint density at radius 2 is 1.71 bits per heavy atom. The molecule has 4 aromatic rings. The van der Waals surface area contributed by atoms with Crippen molar-refractivity contribution in [3.63, 3.8) is 0 Å². The maximum absolute atomic E-state index is 6.07. The monoisotopic (exact) mass is 370 g/mol. The molecule has 0 spiro atoms. The van der Waals surface area contributed by atoms with Gasteiger partial charge in [-0.1, -0.05) is 36.4 Å². The highest BCUT2D eigenvalue weighted by Gasteiger charge is 2.31. The second kappa shape index (κ2) is 7.15. The average molecular weight is 370 g/mol. The van der Waals surface area contributed by atoms with Crippen LogP contribution in [0.5, 0.6) is 11.7 Å². The maximum Gasteiger partial charge on any atom is 0.319 e. The minimum atomic E-state index is 0.402. The lowest BCUT2D eigenvalue weighted by molar-refractivity contribution is 0.331. The number of aromatic nitrogens is 3. The quantitative estimate of drug-likeness (QED) is 0.480. The van der Waals surface area contributed by atoms with E-state index in [0.717, 1.165) is 30.0 Å². The van der Waals surface area contributed by atoms with Gasteiger partial charge in [0.2, 0.25) is 5.89 Å². The van der Waals surface area contributed by atoms with Gasteiger partial charge in [0.1, 0.15) is 17.4 Å². The van der Waals surface area contributed by atoms with Gasteiger partial charge in [-0.2, -0.15) is 0 Å². The Labute approximate surface area is 162 Å². The molecule has 3 aromatic heterocycles. The first-order valence-electron chi connectivity index (χ1n) is 9.23. The lowest BCUT2D eigenvalue weighted by Gasteiger charge is -2.07. The third-order valence-electron chi connectivity index (χ3n) is 4.45. The van der Waals surface area contributed by atoms with Crippen molar-refractivity contribution in [3.8, 4) is 23.0 Å². The van der Waals surface area contributed by atoms with Crippen LogP contribution in [-0.2, 0) is 0 Å². The van der Waals surface area contributed by atoms with Crippen LogP contribution < -0.4 is 10.1 Å². The smallest absolute Gasteiger partial charge is 0.319 e. The fraction of sp³-hybridized carbons (Fsp3) is 0.136. The predicted molar refractivity (Wildman–Crippen MR) is 106 cm³/mol. The van der Waals surface area contributed by atoms with Crippen LogP contribution in [-0.4, -0.2) is 15.0 Å². The second-order valence-corrected chi connectivity index (χ2v) is 6.65. The van der Waals surface area contributed by atoms with Gasteiger partial charge in [-0.05, 0) is 31.0 Å². The second-order valence-electron chi connectivity index (χ2n) is 6.65. The van der Waals surface area contributed by atoms with Gasteiger partial charge >= 0.3 is 5.95 Å². The van der Waals surface area contributed by atoms with E-state index in [9.17, 15) is 0 Å². The molecule has 5 rings (SSSR count). The van der Waals surface area contributed by atoms with Crippen molar-refractivity contribution in [3.05, 3.63) is 78.9 Å². The van der Waals surface area contributed by atoms with Crippen molar-refractivity contribution in [1.29, 1.82) is 0 Å². The molecule has 0 saturated heterocycles. The summed E-state index contributed by atoms with van der Waals surface area (Å²) in [5.41, 5.74) is 1.69. The molecule has 1 N–H and O–H groups in total. The Balaban J connectivity index is 1.44. The molecule has 138 valence electrons. The van der Waals surface area contributed by atoms with Crippen LogP contribution in [0.3, 0.4) is 0 Å². The normalized spacial score (nSPS) is 13.3. The minimum absolute atomic E-state index is 0.402. The van der Waals surface area contributed by atoms with E-state index in [1.165, 1.54) is 0 Å². The van der Waals surface area contributed by atoms with Crippen LogP contribution >= 0.6 is 0 Å². The number of nitrogens with zero attached hydrogens (tertiary/aromatic N) is 3.